The number of benzene rings is 2. The minimum Gasteiger partial charge on any atom is -0.494 e. The second-order valence-electron chi connectivity index (χ2n) is 7.08. The lowest BCUT2D eigenvalue weighted by molar-refractivity contribution is 0.102. The van der Waals surface area contributed by atoms with Gasteiger partial charge in [-0.25, -0.2) is 9.50 Å². The van der Waals surface area contributed by atoms with Gasteiger partial charge in [-0.2, -0.15) is 5.10 Å². The van der Waals surface area contributed by atoms with Gasteiger partial charge >= 0.3 is 0 Å². The summed E-state index contributed by atoms with van der Waals surface area (Å²) in [5.41, 5.74) is 5.61. The fourth-order valence-electron chi connectivity index (χ4n) is 3.29. The molecule has 30 heavy (non-hydrogen) atoms. The second-order valence-corrected chi connectivity index (χ2v) is 8.04. The molecule has 0 bridgehead atoms. The van der Waals surface area contributed by atoms with Crippen LogP contribution in [-0.4, -0.2) is 32.7 Å². The monoisotopic (exact) mass is 417 g/mol. The van der Waals surface area contributed by atoms with Crippen LogP contribution in [0.4, 0.5) is 0 Å². The first kappa shape index (κ1) is 20.2. The summed E-state index contributed by atoms with van der Waals surface area (Å²) in [6, 6.07) is 15.9. The van der Waals surface area contributed by atoms with Crippen LogP contribution in [0, 0.1) is 13.8 Å². The van der Waals surface area contributed by atoms with Crippen LogP contribution in [-0.2, 0) is 0 Å². The van der Waals surface area contributed by atoms with Crippen molar-refractivity contribution < 1.29 is 9.53 Å². The average Bonchev–Trinajstić information content (AvgIpc) is 3.19. The Balaban J connectivity index is 1.56. The third-order valence-electron chi connectivity index (χ3n) is 4.85. The Morgan fingerprint density at radius 3 is 2.67 bits per heavy atom. The lowest BCUT2D eigenvalue weighted by Gasteiger charge is -2.06. The number of aryl methyl sites for hydroxylation is 2. The van der Waals surface area contributed by atoms with Crippen LogP contribution in [0.3, 0.4) is 0 Å². The lowest BCUT2D eigenvalue weighted by atomic mass is 10.0. The Kier molecular flexibility index (Phi) is 5.86. The second kappa shape index (κ2) is 8.71. The molecule has 4 rings (SSSR count). The van der Waals surface area contributed by atoms with Gasteiger partial charge in [-0.15, -0.1) is 0 Å². The maximum Gasteiger partial charge on any atom is 0.173 e. The maximum atomic E-state index is 12.8. The molecule has 0 saturated heterocycles. The van der Waals surface area contributed by atoms with Gasteiger partial charge in [0.1, 0.15) is 10.8 Å². The molecule has 0 fully saturated rings. The van der Waals surface area contributed by atoms with E-state index in [1.54, 1.807) is 6.20 Å². The van der Waals surface area contributed by atoms with Crippen molar-refractivity contribution in [3.8, 4) is 17.0 Å². The van der Waals surface area contributed by atoms with Crippen LogP contribution in [0.2, 0.25) is 0 Å². The Hall–Kier alpha value is -3.12. The predicted octanol–water partition coefficient (Wildman–Crippen LogP) is 5.39. The smallest absolute Gasteiger partial charge is 0.173 e. The number of nitrogens with zero attached hydrogens (tertiary/aromatic N) is 3. The molecular weight excluding hydrogens is 394 g/mol. The summed E-state index contributed by atoms with van der Waals surface area (Å²) >= 11 is 1.44. The minimum absolute atomic E-state index is 0.108. The zero-order chi connectivity index (χ0) is 21.1. The standard InChI is InChI=1S/C24H23N3O2S/c1-4-29-19-9-7-18(8-10-19)21-14-22-24(25-11-12-27(22)26-21)30-15-23(28)20-13-16(2)5-6-17(20)3/h5-14H,4,15H2,1-3H3. The van der Waals surface area contributed by atoms with Gasteiger partial charge in [-0.1, -0.05) is 29.5 Å². The normalized spacial score (nSPS) is 11.0. The van der Waals surface area contributed by atoms with Gasteiger partial charge in [-0.05, 0) is 62.7 Å². The number of ketones is 1. The molecule has 2 aromatic heterocycles. The van der Waals surface area contributed by atoms with Crippen LogP contribution in [0.15, 0.2) is 66.0 Å². The molecule has 0 atom stereocenters. The summed E-state index contributed by atoms with van der Waals surface area (Å²) in [4.78, 5) is 17.2. The highest BCUT2D eigenvalue weighted by molar-refractivity contribution is 8.00. The Labute approximate surface area is 180 Å². The van der Waals surface area contributed by atoms with Gasteiger partial charge in [0.2, 0.25) is 0 Å². The first-order chi connectivity index (χ1) is 14.5. The average molecular weight is 418 g/mol. The zero-order valence-corrected chi connectivity index (χ0v) is 18.1. The lowest BCUT2D eigenvalue weighted by Crippen LogP contribution is -2.05. The third kappa shape index (κ3) is 4.24. The van der Waals surface area contributed by atoms with Crippen molar-refractivity contribution in [2.24, 2.45) is 0 Å². The van der Waals surface area contributed by atoms with Crippen molar-refractivity contribution in [1.29, 1.82) is 0 Å². The molecule has 0 spiro atoms. The molecule has 0 saturated carbocycles. The largest absolute Gasteiger partial charge is 0.494 e. The van der Waals surface area contributed by atoms with Gasteiger partial charge in [0.15, 0.2) is 5.78 Å². The molecule has 2 aromatic carbocycles. The summed E-state index contributed by atoms with van der Waals surface area (Å²) in [5, 5.41) is 5.46. The molecule has 0 radical (unpaired) electrons. The van der Waals surface area contributed by atoms with Gasteiger partial charge in [0.05, 0.1) is 23.6 Å². The number of aromatic nitrogens is 3. The summed E-state index contributed by atoms with van der Waals surface area (Å²) in [6.45, 7) is 6.57. The Morgan fingerprint density at radius 1 is 1.10 bits per heavy atom. The number of Topliss-reactive ketones (excluding diaryl/α,β-unsaturated/α-hetero) is 1. The summed E-state index contributed by atoms with van der Waals surface area (Å²) in [7, 11) is 0. The predicted molar refractivity (Wildman–Crippen MR) is 121 cm³/mol. The fourth-order valence-corrected chi connectivity index (χ4v) is 4.15. The minimum atomic E-state index is 0.108. The van der Waals surface area contributed by atoms with E-state index in [-0.39, 0.29) is 5.78 Å². The van der Waals surface area contributed by atoms with Crippen LogP contribution >= 0.6 is 11.8 Å². The molecule has 5 nitrogen and oxygen atoms in total. The Bertz CT molecular complexity index is 1200. The number of thioether (sulfide) groups is 1. The van der Waals surface area contributed by atoms with E-state index in [4.69, 9.17) is 4.74 Å². The zero-order valence-electron chi connectivity index (χ0n) is 17.3. The van der Waals surface area contributed by atoms with Crippen LogP contribution < -0.4 is 4.74 Å². The van der Waals surface area contributed by atoms with E-state index in [1.807, 2.05) is 80.0 Å². The van der Waals surface area contributed by atoms with E-state index in [2.05, 4.69) is 10.1 Å². The first-order valence-electron chi connectivity index (χ1n) is 9.86. The highest BCUT2D eigenvalue weighted by atomic mass is 32.2. The maximum absolute atomic E-state index is 12.8. The molecule has 0 aliphatic rings. The first-order valence-corrected chi connectivity index (χ1v) is 10.8. The van der Waals surface area contributed by atoms with E-state index in [1.165, 1.54) is 11.8 Å². The molecule has 0 N–H and O–H groups in total. The highest BCUT2D eigenvalue weighted by Crippen LogP contribution is 2.28. The van der Waals surface area contributed by atoms with Gasteiger partial charge in [0.25, 0.3) is 0 Å². The van der Waals surface area contributed by atoms with Gasteiger partial charge < -0.3 is 4.74 Å². The van der Waals surface area contributed by atoms with Crippen molar-refractivity contribution >= 4 is 23.1 Å². The Morgan fingerprint density at radius 2 is 1.90 bits per heavy atom. The van der Waals surface area contributed by atoms with Crippen molar-refractivity contribution in [3.63, 3.8) is 0 Å². The number of carbonyl (C=O) groups excluding carboxylic acids is 1. The molecule has 6 heteroatoms. The van der Waals surface area contributed by atoms with E-state index in [0.29, 0.717) is 12.4 Å². The quantitative estimate of drug-likeness (QED) is 0.298. The van der Waals surface area contributed by atoms with Crippen LogP contribution in [0.25, 0.3) is 16.8 Å². The van der Waals surface area contributed by atoms with Crippen LogP contribution in [0.1, 0.15) is 28.4 Å². The molecule has 0 aliphatic heterocycles. The molecule has 0 amide bonds. The topological polar surface area (TPSA) is 56.5 Å². The third-order valence-corrected chi connectivity index (χ3v) is 5.84. The summed E-state index contributed by atoms with van der Waals surface area (Å²) in [6.07, 6.45) is 3.54. The van der Waals surface area contributed by atoms with Crippen LogP contribution in [0.5, 0.6) is 5.75 Å². The molecule has 0 aliphatic carbocycles. The SMILES string of the molecule is CCOc1ccc(-c2cc3c(SCC(=O)c4cc(C)ccc4C)nccn3n2)cc1. The molecular formula is C24H23N3O2S. The van der Waals surface area contributed by atoms with Crippen molar-refractivity contribution in [3.05, 3.63) is 77.6 Å². The van der Waals surface area contributed by atoms with Crippen molar-refractivity contribution in [1.82, 2.24) is 14.6 Å². The number of fused-ring (bicyclic) bond motifs is 1. The van der Waals surface area contributed by atoms with E-state index in [0.717, 1.165) is 44.2 Å². The summed E-state index contributed by atoms with van der Waals surface area (Å²) < 4.78 is 7.32. The summed E-state index contributed by atoms with van der Waals surface area (Å²) in [5.74, 6) is 1.28. The van der Waals surface area contributed by atoms with Gasteiger partial charge in [-0.3, -0.25) is 4.79 Å². The number of hydrogen-bond donors (Lipinski definition) is 0. The molecule has 4 aromatic rings. The number of carbonyl (C=O) groups is 1. The fraction of sp³-hybridized carbons (Fsp3) is 0.208. The van der Waals surface area contributed by atoms with Crippen molar-refractivity contribution in [2.75, 3.05) is 12.4 Å². The highest BCUT2D eigenvalue weighted by Gasteiger charge is 2.14. The molecule has 2 heterocycles. The molecule has 152 valence electrons. The number of rotatable bonds is 7. The number of ether oxygens (including phenoxy) is 1. The van der Waals surface area contributed by atoms with Crippen molar-refractivity contribution in [2.45, 2.75) is 25.8 Å². The van der Waals surface area contributed by atoms with E-state index < -0.39 is 0 Å². The molecule has 0 unspecified atom stereocenters. The van der Waals surface area contributed by atoms with E-state index in [9.17, 15) is 4.79 Å². The van der Waals surface area contributed by atoms with E-state index >= 15 is 0 Å². The number of hydrogen-bond acceptors (Lipinski definition) is 5. The van der Waals surface area contributed by atoms with Gasteiger partial charge in [0, 0.05) is 23.5 Å².